The highest BCUT2D eigenvalue weighted by Crippen LogP contribution is 2.39. The van der Waals surface area contributed by atoms with Gasteiger partial charge in [0.25, 0.3) is 0 Å². The first-order chi connectivity index (χ1) is 11.7. The van der Waals surface area contributed by atoms with E-state index < -0.39 is 5.79 Å². The second-order valence-corrected chi connectivity index (χ2v) is 6.04. The van der Waals surface area contributed by atoms with Crippen LogP contribution < -0.4 is 20.1 Å². The highest BCUT2D eigenvalue weighted by Gasteiger charge is 2.43. The molecule has 1 saturated heterocycles. The second kappa shape index (κ2) is 7.27. The van der Waals surface area contributed by atoms with Crippen molar-refractivity contribution in [1.29, 1.82) is 0 Å². The van der Waals surface area contributed by atoms with Gasteiger partial charge in [-0.2, -0.15) is 0 Å². The molecule has 0 bridgehead atoms. The molecular weight excluding hydrogens is 312 g/mol. The van der Waals surface area contributed by atoms with Crippen molar-refractivity contribution in [3.8, 4) is 11.5 Å². The number of urea groups is 1. The van der Waals surface area contributed by atoms with E-state index in [2.05, 4.69) is 10.6 Å². The molecule has 1 aliphatic heterocycles. The van der Waals surface area contributed by atoms with Gasteiger partial charge in [-0.25, -0.2) is 4.79 Å². The highest BCUT2D eigenvalue weighted by atomic mass is 16.7. The summed E-state index contributed by atoms with van der Waals surface area (Å²) in [5.74, 6) is 0.644. The normalized spacial score (nSPS) is 21.7. The van der Waals surface area contributed by atoms with Crippen LogP contribution in [0.4, 0.5) is 10.5 Å². The lowest BCUT2D eigenvalue weighted by atomic mass is 10.2. The summed E-state index contributed by atoms with van der Waals surface area (Å²) in [5.41, 5.74) is 0.546. The third-order valence-corrected chi connectivity index (χ3v) is 4.42. The Morgan fingerprint density at radius 2 is 2.08 bits per heavy atom. The fraction of sp³-hybridized carbons (Fsp3) is 0.588. The number of para-hydroxylation sites is 1. The van der Waals surface area contributed by atoms with E-state index >= 15 is 0 Å². The van der Waals surface area contributed by atoms with Crippen molar-refractivity contribution >= 4 is 11.7 Å². The maximum Gasteiger partial charge on any atom is 0.319 e. The summed E-state index contributed by atoms with van der Waals surface area (Å²) in [6.07, 6.45) is 4.04. The van der Waals surface area contributed by atoms with E-state index in [0.717, 1.165) is 25.7 Å². The predicted octanol–water partition coefficient (Wildman–Crippen LogP) is 2.51. The van der Waals surface area contributed by atoms with E-state index in [9.17, 15) is 4.79 Å². The molecule has 3 rings (SSSR count). The molecule has 1 aromatic rings. The minimum atomic E-state index is -0.404. The lowest BCUT2D eigenvalue weighted by Gasteiger charge is -2.22. The lowest BCUT2D eigenvalue weighted by molar-refractivity contribution is -0.160. The van der Waals surface area contributed by atoms with Gasteiger partial charge >= 0.3 is 6.03 Å². The van der Waals surface area contributed by atoms with Gasteiger partial charge in [0.15, 0.2) is 17.3 Å². The largest absolute Gasteiger partial charge is 0.493 e. The number of ether oxygens (including phenoxy) is 4. The van der Waals surface area contributed by atoms with Gasteiger partial charge in [0.05, 0.1) is 26.5 Å². The Labute approximate surface area is 141 Å². The van der Waals surface area contributed by atoms with Gasteiger partial charge in [-0.3, -0.25) is 0 Å². The zero-order valence-electron chi connectivity index (χ0n) is 14.1. The van der Waals surface area contributed by atoms with Crippen LogP contribution in [0.15, 0.2) is 18.2 Å². The smallest absolute Gasteiger partial charge is 0.319 e. The van der Waals surface area contributed by atoms with Crippen molar-refractivity contribution in [1.82, 2.24) is 5.32 Å². The molecule has 2 fully saturated rings. The van der Waals surface area contributed by atoms with E-state index in [1.54, 1.807) is 25.3 Å². The number of nitrogens with one attached hydrogen (secondary N) is 2. The molecule has 2 amide bonds. The molecule has 0 aromatic heterocycles. The Kier molecular flexibility index (Phi) is 5.11. The standard InChI is InChI=1S/C17H24N2O5/c1-21-14-7-5-6-13(15(14)22-2)19-16(20)18-10-12-11-23-17(24-12)8-3-4-9-17/h5-7,12H,3-4,8-11H2,1-2H3,(H2,18,19,20)/t12-/m0/s1. The fourth-order valence-electron chi connectivity index (χ4n) is 3.25. The molecule has 24 heavy (non-hydrogen) atoms. The maximum atomic E-state index is 12.1. The number of hydrogen-bond donors (Lipinski definition) is 2. The van der Waals surface area contributed by atoms with Crippen LogP contribution in [0.1, 0.15) is 25.7 Å². The molecular formula is C17H24N2O5. The van der Waals surface area contributed by atoms with E-state index in [4.69, 9.17) is 18.9 Å². The molecule has 1 saturated carbocycles. The number of rotatable bonds is 5. The van der Waals surface area contributed by atoms with Crippen molar-refractivity contribution in [2.24, 2.45) is 0 Å². The fourth-order valence-corrected chi connectivity index (χ4v) is 3.25. The van der Waals surface area contributed by atoms with Crippen molar-refractivity contribution in [3.05, 3.63) is 18.2 Å². The molecule has 2 aliphatic rings. The second-order valence-electron chi connectivity index (χ2n) is 6.04. The van der Waals surface area contributed by atoms with Gasteiger partial charge in [0, 0.05) is 19.4 Å². The summed E-state index contributed by atoms with van der Waals surface area (Å²) in [7, 11) is 3.09. The van der Waals surface area contributed by atoms with Crippen molar-refractivity contribution in [3.63, 3.8) is 0 Å². The van der Waals surface area contributed by atoms with Crippen LogP contribution in [0.2, 0.25) is 0 Å². The lowest BCUT2D eigenvalue weighted by Crippen LogP contribution is -2.37. The topological polar surface area (TPSA) is 78.1 Å². The number of amides is 2. The molecule has 7 nitrogen and oxygen atoms in total. The number of hydrogen-bond acceptors (Lipinski definition) is 5. The molecule has 0 unspecified atom stereocenters. The van der Waals surface area contributed by atoms with E-state index in [-0.39, 0.29) is 12.1 Å². The van der Waals surface area contributed by atoms with Gasteiger partial charge in [0.1, 0.15) is 6.10 Å². The minimum absolute atomic E-state index is 0.110. The summed E-state index contributed by atoms with van der Waals surface area (Å²) in [4.78, 5) is 12.1. The van der Waals surface area contributed by atoms with Crippen LogP contribution in [0, 0.1) is 0 Å². The summed E-state index contributed by atoms with van der Waals surface area (Å²) in [6.45, 7) is 0.919. The van der Waals surface area contributed by atoms with Crippen LogP contribution in [-0.4, -0.2) is 45.3 Å². The predicted molar refractivity (Wildman–Crippen MR) is 88.6 cm³/mol. The Morgan fingerprint density at radius 3 is 2.79 bits per heavy atom. The molecule has 7 heteroatoms. The van der Waals surface area contributed by atoms with Gasteiger partial charge in [-0.15, -0.1) is 0 Å². The number of carbonyl (C=O) groups excluding carboxylic acids is 1. The Bertz CT molecular complexity index is 586. The van der Waals surface area contributed by atoms with Gasteiger partial charge in [-0.1, -0.05) is 6.07 Å². The molecule has 1 heterocycles. The average molecular weight is 336 g/mol. The van der Waals surface area contributed by atoms with Crippen molar-refractivity contribution < 1.29 is 23.7 Å². The van der Waals surface area contributed by atoms with E-state index in [0.29, 0.717) is 30.3 Å². The molecule has 2 N–H and O–H groups in total. The van der Waals surface area contributed by atoms with Crippen LogP contribution in [-0.2, 0) is 9.47 Å². The summed E-state index contributed by atoms with van der Waals surface area (Å²) < 4.78 is 22.3. The van der Waals surface area contributed by atoms with Crippen LogP contribution in [0.3, 0.4) is 0 Å². The van der Waals surface area contributed by atoms with E-state index in [1.165, 1.54) is 7.11 Å². The zero-order chi connectivity index (χ0) is 17.0. The van der Waals surface area contributed by atoms with Crippen LogP contribution in [0.5, 0.6) is 11.5 Å². The van der Waals surface area contributed by atoms with Gasteiger partial charge in [-0.05, 0) is 25.0 Å². The third-order valence-electron chi connectivity index (χ3n) is 4.42. The molecule has 1 atom stereocenters. The van der Waals surface area contributed by atoms with Crippen molar-refractivity contribution in [2.45, 2.75) is 37.6 Å². The molecule has 1 aromatic carbocycles. The Hall–Kier alpha value is -1.99. The summed E-state index contributed by atoms with van der Waals surface area (Å²) >= 11 is 0. The van der Waals surface area contributed by atoms with Gasteiger partial charge < -0.3 is 29.6 Å². The number of methoxy groups -OCH3 is 2. The Morgan fingerprint density at radius 1 is 1.29 bits per heavy atom. The third kappa shape index (κ3) is 3.57. The number of benzene rings is 1. The Balaban J connectivity index is 1.51. The summed E-state index contributed by atoms with van der Waals surface area (Å²) in [5, 5.41) is 5.59. The first-order valence-corrected chi connectivity index (χ1v) is 8.23. The average Bonchev–Trinajstić information content (AvgIpc) is 3.22. The maximum absolute atomic E-state index is 12.1. The first kappa shape index (κ1) is 16.9. The highest BCUT2D eigenvalue weighted by molar-refractivity contribution is 5.91. The minimum Gasteiger partial charge on any atom is -0.493 e. The first-order valence-electron chi connectivity index (χ1n) is 8.23. The van der Waals surface area contributed by atoms with Crippen LogP contribution in [0.25, 0.3) is 0 Å². The van der Waals surface area contributed by atoms with Gasteiger partial charge in [0.2, 0.25) is 0 Å². The van der Waals surface area contributed by atoms with Crippen LogP contribution >= 0.6 is 0 Å². The summed E-state index contributed by atoms with van der Waals surface area (Å²) in [6, 6.07) is 4.99. The molecule has 1 spiro atoms. The monoisotopic (exact) mass is 336 g/mol. The molecule has 132 valence electrons. The number of anilines is 1. The quantitative estimate of drug-likeness (QED) is 0.864. The molecule has 1 aliphatic carbocycles. The van der Waals surface area contributed by atoms with Crippen molar-refractivity contribution in [2.75, 3.05) is 32.7 Å². The van der Waals surface area contributed by atoms with E-state index in [1.807, 2.05) is 0 Å². The SMILES string of the molecule is COc1cccc(NC(=O)NC[C@H]2COC3(CCCC3)O2)c1OC. The zero-order valence-corrected chi connectivity index (χ0v) is 14.1. The molecule has 0 radical (unpaired) electrons. The number of carbonyl (C=O) groups is 1.